The van der Waals surface area contributed by atoms with Crippen molar-refractivity contribution in [3.05, 3.63) is 71.7 Å². The van der Waals surface area contributed by atoms with Crippen molar-refractivity contribution in [3.63, 3.8) is 0 Å². The molecule has 2 aromatic heterocycles. The van der Waals surface area contributed by atoms with Crippen LogP contribution in [0.1, 0.15) is 23.9 Å². The van der Waals surface area contributed by atoms with Gasteiger partial charge in [-0.15, -0.1) is 0 Å². The van der Waals surface area contributed by atoms with E-state index in [0.29, 0.717) is 36.7 Å². The number of nitrogen functional groups attached to an aromatic ring is 1. The van der Waals surface area contributed by atoms with Crippen LogP contribution in [0.25, 0.3) is 11.3 Å². The van der Waals surface area contributed by atoms with Gasteiger partial charge in [0.05, 0.1) is 35.9 Å². The maximum Gasteiger partial charge on any atom is 0.228 e. The Labute approximate surface area is 170 Å². The number of rotatable bonds is 4. The summed E-state index contributed by atoms with van der Waals surface area (Å²) in [5.74, 6) is -1.70. The highest BCUT2D eigenvalue weighted by Crippen LogP contribution is 2.27. The van der Waals surface area contributed by atoms with Gasteiger partial charge in [-0.1, -0.05) is 0 Å². The minimum absolute atomic E-state index is 0.0561. The van der Waals surface area contributed by atoms with E-state index in [1.165, 1.54) is 12.1 Å². The molecule has 3 aromatic rings. The number of nitrogens with zero attached hydrogens (tertiary/aromatic N) is 4. The van der Waals surface area contributed by atoms with Gasteiger partial charge in [-0.2, -0.15) is 0 Å². The molecule has 6 nitrogen and oxygen atoms in total. The summed E-state index contributed by atoms with van der Waals surface area (Å²) in [5.41, 5.74) is 6.99. The Balaban J connectivity index is 1.49. The van der Waals surface area contributed by atoms with Crippen LogP contribution in [-0.2, 0) is 11.2 Å². The molecule has 9 heteroatoms. The first-order valence-corrected chi connectivity index (χ1v) is 9.36. The predicted octanol–water partition coefficient (Wildman–Crippen LogP) is 3.10. The smallest absolute Gasteiger partial charge is 0.228 e. The summed E-state index contributed by atoms with van der Waals surface area (Å²) in [6.45, 7) is 0.924. The molecule has 1 aromatic carbocycles. The summed E-state index contributed by atoms with van der Waals surface area (Å²) in [5, 5.41) is 0. The van der Waals surface area contributed by atoms with Gasteiger partial charge >= 0.3 is 0 Å². The molecule has 0 spiro atoms. The van der Waals surface area contributed by atoms with Gasteiger partial charge in [-0.3, -0.25) is 9.78 Å². The van der Waals surface area contributed by atoms with Crippen molar-refractivity contribution >= 4 is 11.6 Å². The highest BCUT2D eigenvalue weighted by molar-refractivity contribution is 5.80. The van der Waals surface area contributed by atoms with Gasteiger partial charge in [0.2, 0.25) is 5.91 Å². The Morgan fingerprint density at radius 1 is 1.10 bits per heavy atom. The zero-order chi connectivity index (χ0) is 21.3. The topological polar surface area (TPSA) is 85.0 Å². The Morgan fingerprint density at radius 3 is 2.60 bits per heavy atom. The quantitative estimate of drug-likeness (QED) is 0.711. The minimum Gasteiger partial charge on any atom is -0.397 e. The second-order valence-corrected chi connectivity index (χ2v) is 7.12. The lowest BCUT2D eigenvalue weighted by molar-refractivity contribution is -0.129. The molecule has 1 amide bonds. The van der Waals surface area contributed by atoms with Crippen molar-refractivity contribution in [2.75, 3.05) is 18.8 Å². The third kappa shape index (κ3) is 4.10. The number of amides is 1. The minimum atomic E-state index is -0.744. The molecule has 1 saturated heterocycles. The number of hydrogen-bond acceptors (Lipinski definition) is 5. The van der Waals surface area contributed by atoms with Crippen molar-refractivity contribution in [2.45, 2.75) is 18.8 Å². The molecule has 1 aliphatic rings. The van der Waals surface area contributed by atoms with Crippen molar-refractivity contribution in [3.8, 4) is 11.3 Å². The van der Waals surface area contributed by atoms with Gasteiger partial charge in [0, 0.05) is 30.6 Å². The molecule has 1 atom stereocenters. The molecule has 1 fully saturated rings. The maximum atomic E-state index is 14.1. The molecule has 0 radical (unpaired) electrons. The van der Waals surface area contributed by atoms with Crippen LogP contribution in [0, 0.1) is 17.5 Å². The number of carbonyl (C=O) groups is 1. The molecule has 0 bridgehead atoms. The van der Waals surface area contributed by atoms with Crippen molar-refractivity contribution < 1.29 is 18.0 Å². The largest absolute Gasteiger partial charge is 0.397 e. The first-order valence-electron chi connectivity index (χ1n) is 9.36. The molecule has 4 rings (SSSR count). The summed E-state index contributed by atoms with van der Waals surface area (Å²) < 4.78 is 40.3. The van der Waals surface area contributed by atoms with Crippen molar-refractivity contribution in [2.24, 2.45) is 0 Å². The molecular weight excluding hydrogens is 395 g/mol. The number of carbonyl (C=O) groups excluding carboxylic acids is 1. The molecule has 3 heterocycles. The van der Waals surface area contributed by atoms with Gasteiger partial charge in [0.1, 0.15) is 17.5 Å². The molecule has 154 valence electrons. The summed E-state index contributed by atoms with van der Waals surface area (Å²) in [6, 6.07) is 6.29. The van der Waals surface area contributed by atoms with E-state index in [2.05, 4.69) is 15.0 Å². The Bertz CT molecular complexity index is 1090. The van der Waals surface area contributed by atoms with Crippen LogP contribution in [-0.4, -0.2) is 38.8 Å². The van der Waals surface area contributed by atoms with Gasteiger partial charge in [0.15, 0.2) is 5.82 Å². The van der Waals surface area contributed by atoms with E-state index in [1.54, 1.807) is 11.0 Å². The van der Waals surface area contributed by atoms with Crippen LogP contribution in [0.15, 0.2) is 42.7 Å². The number of aromatic nitrogens is 3. The molecule has 0 aliphatic carbocycles. The zero-order valence-corrected chi connectivity index (χ0v) is 15.9. The fourth-order valence-corrected chi connectivity index (χ4v) is 3.49. The van der Waals surface area contributed by atoms with Gasteiger partial charge in [0.25, 0.3) is 0 Å². The van der Waals surface area contributed by atoms with E-state index in [1.807, 2.05) is 0 Å². The zero-order valence-electron chi connectivity index (χ0n) is 15.9. The van der Waals surface area contributed by atoms with Crippen molar-refractivity contribution in [1.29, 1.82) is 0 Å². The third-order valence-corrected chi connectivity index (χ3v) is 5.08. The van der Waals surface area contributed by atoms with E-state index in [0.717, 1.165) is 24.5 Å². The van der Waals surface area contributed by atoms with E-state index in [4.69, 9.17) is 5.73 Å². The number of pyridine rings is 1. The Kier molecular flexibility index (Phi) is 5.35. The number of likely N-dealkylation sites (tertiary alicyclic amines) is 1. The Morgan fingerprint density at radius 2 is 1.87 bits per heavy atom. The summed E-state index contributed by atoms with van der Waals surface area (Å²) in [7, 11) is 0. The number of halogens is 3. The van der Waals surface area contributed by atoms with Crippen LogP contribution >= 0.6 is 0 Å². The maximum absolute atomic E-state index is 14.1. The highest BCUT2D eigenvalue weighted by Gasteiger charge is 2.29. The lowest BCUT2D eigenvalue weighted by Crippen LogP contribution is -2.30. The number of nitrogens with two attached hydrogens (primary N) is 1. The summed E-state index contributed by atoms with van der Waals surface area (Å²) >= 11 is 0. The van der Waals surface area contributed by atoms with E-state index < -0.39 is 17.5 Å². The van der Waals surface area contributed by atoms with Gasteiger partial charge in [-0.05, 0) is 30.7 Å². The van der Waals surface area contributed by atoms with E-state index in [9.17, 15) is 18.0 Å². The molecule has 1 unspecified atom stereocenters. The lowest BCUT2D eigenvalue weighted by Gasteiger charge is -2.17. The average Bonchev–Trinajstić information content (AvgIpc) is 3.21. The average molecular weight is 413 g/mol. The second kappa shape index (κ2) is 8.10. The van der Waals surface area contributed by atoms with Crippen molar-refractivity contribution in [1.82, 2.24) is 19.9 Å². The molecule has 0 saturated carbocycles. The van der Waals surface area contributed by atoms with Crippen LogP contribution in [0.4, 0.5) is 18.9 Å². The van der Waals surface area contributed by atoms with Gasteiger partial charge in [-0.25, -0.2) is 23.1 Å². The number of anilines is 1. The monoisotopic (exact) mass is 413 g/mol. The SMILES string of the molecule is Nc1ccc(-c2ccc(F)cc2F)nc1CC(=O)N1CCC(c2ncc(F)cn2)C1. The van der Waals surface area contributed by atoms with Crippen LogP contribution in [0.3, 0.4) is 0 Å². The highest BCUT2D eigenvalue weighted by atomic mass is 19.1. The van der Waals surface area contributed by atoms with E-state index >= 15 is 0 Å². The van der Waals surface area contributed by atoms with Crippen LogP contribution < -0.4 is 5.73 Å². The predicted molar refractivity (Wildman–Crippen MR) is 104 cm³/mol. The standard InChI is InChI=1S/C21H18F3N5O/c22-13-1-2-15(16(24)7-13)18-4-3-17(25)19(28-18)8-20(30)29-6-5-12(11-29)21-26-9-14(23)10-27-21/h1-4,7,9-10,12H,5-6,8,11,25H2. The molecular formula is C21H18F3N5O. The first-order chi connectivity index (χ1) is 14.4. The number of benzene rings is 1. The fraction of sp³-hybridized carbons (Fsp3) is 0.238. The normalized spacial score (nSPS) is 16.1. The summed E-state index contributed by atoms with van der Waals surface area (Å²) in [4.78, 5) is 26.7. The fourth-order valence-electron chi connectivity index (χ4n) is 3.49. The Hall–Kier alpha value is -3.49. The molecule has 2 N–H and O–H groups in total. The molecule has 1 aliphatic heterocycles. The third-order valence-electron chi connectivity index (χ3n) is 5.08. The van der Waals surface area contributed by atoms with E-state index in [-0.39, 0.29) is 29.5 Å². The van der Waals surface area contributed by atoms with Crippen LogP contribution in [0.5, 0.6) is 0 Å². The first kappa shape index (κ1) is 19.8. The molecule has 30 heavy (non-hydrogen) atoms. The number of hydrogen-bond donors (Lipinski definition) is 1. The second-order valence-electron chi connectivity index (χ2n) is 7.12. The van der Waals surface area contributed by atoms with Crippen LogP contribution in [0.2, 0.25) is 0 Å². The summed E-state index contributed by atoms with van der Waals surface area (Å²) in [6.07, 6.45) is 2.83. The van der Waals surface area contributed by atoms with Gasteiger partial charge < -0.3 is 10.6 Å². The lowest BCUT2D eigenvalue weighted by atomic mass is 10.1.